The van der Waals surface area contributed by atoms with Gasteiger partial charge in [0.2, 0.25) is 0 Å². The number of aromatic nitrogens is 2. The van der Waals surface area contributed by atoms with E-state index in [2.05, 4.69) is 9.97 Å². The van der Waals surface area contributed by atoms with Gasteiger partial charge in [-0.15, -0.1) is 23.1 Å². The van der Waals surface area contributed by atoms with Gasteiger partial charge in [-0.1, -0.05) is 30.3 Å². The van der Waals surface area contributed by atoms with Gasteiger partial charge in [0, 0.05) is 32.7 Å². The molecule has 0 aliphatic rings. The molecule has 0 bridgehead atoms. The number of nitrogens with zero attached hydrogens (tertiary/aromatic N) is 2. The van der Waals surface area contributed by atoms with Crippen molar-refractivity contribution in [3.05, 3.63) is 76.9 Å². The lowest BCUT2D eigenvalue weighted by Crippen LogP contribution is -2.03. The first kappa shape index (κ1) is 19.0. The van der Waals surface area contributed by atoms with Gasteiger partial charge in [-0.3, -0.25) is 4.98 Å². The number of para-hydroxylation sites is 1. The SMILES string of the molecule is Cc1nc(-c2ccc(C(F)(F)F)cc2)sc1CSc1cccc2cccnc12. The summed E-state index contributed by atoms with van der Waals surface area (Å²) in [4.78, 5) is 11.2. The predicted molar refractivity (Wildman–Crippen MR) is 109 cm³/mol. The molecule has 0 N–H and O–H groups in total. The van der Waals surface area contributed by atoms with Crippen molar-refractivity contribution >= 4 is 34.0 Å². The Labute approximate surface area is 168 Å². The fraction of sp³-hybridized carbons (Fsp3) is 0.143. The molecule has 4 aromatic rings. The normalized spacial score (nSPS) is 11.9. The van der Waals surface area contributed by atoms with Crippen molar-refractivity contribution in [2.75, 3.05) is 0 Å². The third kappa shape index (κ3) is 3.91. The highest BCUT2D eigenvalue weighted by atomic mass is 32.2. The van der Waals surface area contributed by atoms with E-state index in [4.69, 9.17) is 0 Å². The van der Waals surface area contributed by atoms with Crippen LogP contribution in [0.2, 0.25) is 0 Å². The number of halogens is 3. The highest BCUT2D eigenvalue weighted by Gasteiger charge is 2.30. The number of thioether (sulfide) groups is 1. The highest BCUT2D eigenvalue weighted by Crippen LogP contribution is 2.36. The lowest BCUT2D eigenvalue weighted by Gasteiger charge is -2.06. The number of pyridine rings is 1. The maximum Gasteiger partial charge on any atom is 0.416 e. The van der Waals surface area contributed by atoms with E-state index in [1.165, 1.54) is 23.5 Å². The number of fused-ring (bicyclic) bond motifs is 1. The quantitative estimate of drug-likeness (QED) is 0.336. The van der Waals surface area contributed by atoms with Crippen LogP contribution in [0.1, 0.15) is 16.1 Å². The van der Waals surface area contributed by atoms with Crippen LogP contribution in [0.3, 0.4) is 0 Å². The lowest BCUT2D eigenvalue weighted by molar-refractivity contribution is -0.137. The number of alkyl halides is 3. The van der Waals surface area contributed by atoms with Crippen LogP contribution in [0.15, 0.2) is 65.7 Å². The first-order chi connectivity index (χ1) is 13.4. The molecule has 28 heavy (non-hydrogen) atoms. The fourth-order valence-corrected chi connectivity index (χ4v) is 5.08. The van der Waals surface area contributed by atoms with Crippen LogP contribution >= 0.6 is 23.1 Å². The second-order valence-corrected chi connectivity index (χ2v) is 8.32. The van der Waals surface area contributed by atoms with Gasteiger partial charge in [0.15, 0.2) is 0 Å². The average Bonchev–Trinajstić information content (AvgIpc) is 3.06. The molecular weight excluding hydrogens is 401 g/mol. The van der Waals surface area contributed by atoms with Crippen LogP contribution in [-0.2, 0) is 11.9 Å². The summed E-state index contributed by atoms with van der Waals surface area (Å²) >= 11 is 3.21. The molecule has 0 saturated carbocycles. The Hall–Kier alpha value is -2.38. The predicted octanol–water partition coefficient (Wildman–Crippen LogP) is 6.98. The molecule has 4 rings (SSSR count). The van der Waals surface area contributed by atoms with Crippen LogP contribution in [-0.4, -0.2) is 9.97 Å². The third-order valence-electron chi connectivity index (χ3n) is 4.31. The molecule has 0 unspecified atom stereocenters. The molecule has 0 atom stereocenters. The van der Waals surface area contributed by atoms with Crippen molar-refractivity contribution in [3.63, 3.8) is 0 Å². The van der Waals surface area contributed by atoms with Crippen LogP contribution in [0.4, 0.5) is 13.2 Å². The van der Waals surface area contributed by atoms with E-state index in [1.54, 1.807) is 18.0 Å². The van der Waals surface area contributed by atoms with Crippen molar-refractivity contribution in [1.29, 1.82) is 0 Å². The Morgan fingerprint density at radius 1 is 1.00 bits per heavy atom. The molecule has 7 heteroatoms. The number of rotatable bonds is 4. The summed E-state index contributed by atoms with van der Waals surface area (Å²) in [7, 11) is 0. The number of hydrogen-bond donors (Lipinski definition) is 0. The number of thiazole rings is 1. The number of benzene rings is 2. The molecule has 0 radical (unpaired) electrons. The zero-order valence-corrected chi connectivity index (χ0v) is 16.5. The molecule has 2 nitrogen and oxygen atoms in total. The Kier molecular flexibility index (Phi) is 5.12. The Morgan fingerprint density at radius 3 is 2.50 bits per heavy atom. The summed E-state index contributed by atoms with van der Waals surface area (Å²) in [6.07, 6.45) is -2.54. The van der Waals surface area contributed by atoms with Gasteiger partial charge >= 0.3 is 6.18 Å². The van der Waals surface area contributed by atoms with E-state index >= 15 is 0 Å². The van der Waals surface area contributed by atoms with Crippen molar-refractivity contribution in [2.24, 2.45) is 0 Å². The Morgan fingerprint density at radius 2 is 1.75 bits per heavy atom. The van der Waals surface area contributed by atoms with E-state index in [-0.39, 0.29) is 0 Å². The van der Waals surface area contributed by atoms with Gasteiger partial charge in [-0.25, -0.2) is 4.98 Å². The highest BCUT2D eigenvalue weighted by molar-refractivity contribution is 7.98. The van der Waals surface area contributed by atoms with Gasteiger partial charge in [-0.05, 0) is 31.2 Å². The molecule has 142 valence electrons. The monoisotopic (exact) mass is 416 g/mol. The summed E-state index contributed by atoms with van der Waals surface area (Å²) in [5, 5.41) is 1.83. The maximum atomic E-state index is 12.7. The molecule has 0 saturated heterocycles. The van der Waals surface area contributed by atoms with Crippen molar-refractivity contribution in [1.82, 2.24) is 9.97 Å². The molecule has 0 spiro atoms. The van der Waals surface area contributed by atoms with Crippen molar-refractivity contribution < 1.29 is 13.2 Å². The zero-order chi connectivity index (χ0) is 19.7. The van der Waals surface area contributed by atoms with E-state index in [0.29, 0.717) is 5.56 Å². The van der Waals surface area contributed by atoms with E-state index in [9.17, 15) is 13.2 Å². The molecule has 0 aliphatic heterocycles. The first-order valence-corrected chi connectivity index (χ1v) is 10.3. The van der Waals surface area contributed by atoms with E-state index in [0.717, 1.165) is 49.3 Å². The van der Waals surface area contributed by atoms with Gasteiger partial charge in [0.25, 0.3) is 0 Å². The molecule has 2 heterocycles. The van der Waals surface area contributed by atoms with Gasteiger partial charge < -0.3 is 0 Å². The molecule has 0 fully saturated rings. The minimum atomic E-state index is -4.33. The molecule has 0 aliphatic carbocycles. The summed E-state index contributed by atoms with van der Waals surface area (Å²) in [6.45, 7) is 1.93. The minimum Gasteiger partial charge on any atom is -0.255 e. The minimum absolute atomic E-state index is 0.649. The zero-order valence-electron chi connectivity index (χ0n) is 14.8. The van der Waals surface area contributed by atoms with Gasteiger partial charge in [0.05, 0.1) is 16.8 Å². The number of aryl methyl sites for hydroxylation is 1. The molecule has 0 amide bonds. The average molecular weight is 416 g/mol. The standard InChI is InChI=1S/C21H15F3N2S2/c1-13-18(12-27-17-6-2-4-14-5-3-11-25-19(14)17)28-20(26-13)15-7-9-16(10-8-15)21(22,23)24/h2-11H,12H2,1H3. The Balaban J connectivity index is 1.55. The topological polar surface area (TPSA) is 25.8 Å². The van der Waals surface area contributed by atoms with E-state index in [1.807, 2.05) is 37.3 Å². The van der Waals surface area contributed by atoms with Gasteiger partial charge in [0.1, 0.15) is 5.01 Å². The summed E-state index contributed by atoms with van der Waals surface area (Å²) in [5.41, 5.74) is 1.92. The van der Waals surface area contributed by atoms with Crippen LogP contribution in [0.5, 0.6) is 0 Å². The summed E-state index contributed by atoms with van der Waals surface area (Å²) in [5.74, 6) is 0.736. The fourth-order valence-electron chi connectivity index (χ4n) is 2.82. The van der Waals surface area contributed by atoms with E-state index < -0.39 is 11.7 Å². The number of hydrogen-bond acceptors (Lipinski definition) is 4. The van der Waals surface area contributed by atoms with Gasteiger partial charge in [-0.2, -0.15) is 13.2 Å². The first-order valence-electron chi connectivity index (χ1n) is 8.52. The Bertz CT molecular complexity index is 1110. The van der Waals surface area contributed by atoms with Crippen LogP contribution in [0.25, 0.3) is 21.5 Å². The maximum absolute atomic E-state index is 12.7. The van der Waals surface area contributed by atoms with Crippen LogP contribution in [0, 0.1) is 6.92 Å². The smallest absolute Gasteiger partial charge is 0.255 e. The summed E-state index contributed by atoms with van der Waals surface area (Å²) < 4.78 is 38.2. The van der Waals surface area contributed by atoms with Crippen LogP contribution < -0.4 is 0 Å². The molecular formula is C21H15F3N2S2. The molecule has 2 aromatic heterocycles. The lowest BCUT2D eigenvalue weighted by atomic mass is 10.1. The second-order valence-electron chi connectivity index (χ2n) is 6.22. The van der Waals surface area contributed by atoms with Crippen molar-refractivity contribution in [3.8, 4) is 10.6 Å². The summed E-state index contributed by atoms with van der Waals surface area (Å²) in [6, 6.07) is 15.2. The van der Waals surface area contributed by atoms with Crippen molar-refractivity contribution in [2.45, 2.75) is 23.7 Å². The molecule has 2 aromatic carbocycles. The largest absolute Gasteiger partial charge is 0.416 e. The second kappa shape index (κ2) is 7.56. The third-order valence-corrected chi connectivity index (χ3v) is 6.77.